The first kappa shape index (κ1) is 12.2. The van der Waals surface area contributed by atoms with Crippen molar-refractivity contribution in [3.05, 3.63) is 27.7 Å². The summed E-state index contributed by atoms with van der Waals surface area (Å²) in [5.41, 5.74) is 0.506. The molecule has 3 nitrogen and oxygen atoms in total. The highest BCUT2D eigenvalue weighted by atomic mass is 79.9. The molecule has 0 aliphatic carbocycles. The van der Waals surface area contributed by atoms with Gasteiger partial charge >= 0.3 is 0 Å². The first-order valence-electron chi connectivity index (χ1n) is 4.23. The Kier molecular flexibility index (Phi) is 4.29. The summed E-state index contributed by atoms with van der Waals surface area (Å²) >= 11 is 9.13. The zero-order valence-corrected chi connectivity index (χ0v) is 10.4. The standard InChI is InChI=1S/C10H9BrClNO2/c1-6(14)4-10(15)13-9-3-2-7(11)5-8(9)12/h2-3,5H,4H2,1H3,(H,13,15). The van der Waals surface area contributed by atoms with Gasteiger partial charge in [0.05, 0.1) is 17.1 Å². The number of Topliss-reactive ketones (excluding diaryl/α,β-unsaturated/α-hetero) is 1. The lowest BCUT2D eigenvalue weighted by Crippen LogP contribution is -2.14. The Hall–Kier alpha value is -0.870. The fourth-order valence-corrected chi connectivity index (χ4v) is 1.73. The van der Waals surface area contributed by atoms with Crippen LogP contribution in [0.15, 0.2) is 22.7 Å². The van der Waals surface area contributed by atoms with Gasteiger partial charge in [-0.3, -0.25) is 9.59 Å². The van der Waals surface area contributed by atoms with Crippen LogP contribution in [-0.4, -0.2) is 11.7 Å². The normalized spacial score (nSPS) is 9.80. The fraction of sp³-hybridized carbons (Fsp3) is 0.200. The van der Waals surface area contributed by atoms with Gasteiger partial charge in [0.25, 0.3) is 0 Å². The average molecular weight is 291 g/mol. The minimum atomic E-state index is -0.355. The second-order valence-electron chi connectivity index (χ2n) is 3.05. The highest BCUT2D eigenvalue weighted by molar-refractivity contribution is 9.10. The smallest absolute Gasteiger partial charge is 0.231 e. The van der Waals surface area contributed by atoms with E-state index in [2.05, 4.69) is 21.2 Å². The number of hydrogen-bond acceptors (Lipinski definition) is 2. The van der Waals surface area contributed by atoms with Gasteiger partial charge in [-0.05, 0) is 25.1 Å². The minimum absolute atomic E-state index is 0.133. The van der Waals surface area contributed by atoms with E-state index in [9.17, 15) is 9.59 Å². The number of anilines is 1. The Balaban J connectivity index is 2.72. The number of carbonyl (C=O) groups is 2. The van der Waals surface area contributed by atoms with E-state index in [1.54, 1.807) is 18.2 Å². The SMILES string of the molecule is CC(=O)CC(=O)Nc1ccc(Br)cc1Cl. The van der Waals surface area contributed by atoms with E-state index in [0.29, 0.717) is 10.7 Å². The summed E-state index contributed by atoms with van der Waals surface area (Å²) in [5.74, 6) is -0.535. The number of rotatable bonds is 3. The summed E-state index contributed by atoms with van der Waals surface area (Å²) in [5, 5.41) is 2.99. The molecule has 0 saturated heterocycles. The summed E-state index contributed by atoms with van der Waals surface area (Å²) in [6.07, 6.45) is -0.133. The first-order valence-corrected chi connectivity index (χ1v) is 5.40. The Bertz CT molecular complexity index is 406. The Morgan fingerprint density at radius 2 is 2.13 bits per heavy atom. The van der Waals surface area contributed by atoms with Crippen LogP contribution in [0, 0.1) is 0 Å². The monoisotopic (exact) mass is 289 g/mol. The van der Waals surface area contributed by atoms with Crippen molar-refractivity contribution in [2.24, 2.45) is 0 Å². The van der Waals surface area contributed by atoms with Crippen LogP contribution in [0.1, 0.15) is 13.3 Å². The van der Waals surface area contributed by atoms with Crippen molar-refractivity contribution in [2.45, 2.75) is 13.3 Å². The molecule has 0 saturated carbocycles. The highest BCUT2D eigenvalue weighted by Gasteiger charge is 2.07. The molecular formula is C10H9BrClNO2. The van der Waals surface area contributed by atoms with E-state index < -0.39 is 0 Å². The van der Waals surface area contributed by atoms with E-state index in [1.807, 2.05) is 0 Å². The maximum absolute atomic E-state index is 11.3. The molecule has 0 aliphatic rings. The maximum atomic E-state index is 11.3. The van der Waals surface area contributed by atoms with Gasteiger partial charge in [-0.1, -0.05) is 27.5 Å². The number of carbonyl (C=O) groups excluding carboxylic acids is 2. The highest BCUT2D eigenvalue weighted by Crippen LogP contribution is 2.25. The van der Waals surface area contributed by atoms with Gasteiger partial charge in [-0.15, -0.1) is 0 Å². The van der Waals surface area contributed by atoms with Crippen molar-refractivity contribution in [1.82, 2.24) is 0 Å². The van der Waals surface area contributed by atoms with Crippen LogP contribution in [0.5, 0.6) is 0 Å². The lowest BCUT2D eigenvalue weighted by molar-refractivity contribution is -0.124. The van der Waals surface area contributed by atoms with Crippen molar-refractivity contribution in [2.75, 3.05) is 5.32 Å². The number of amides is 1. The van der Waals surface area contributed by atoms with Gasteiger partial charge in [0.1, 0.15) is 5.78 Å². The van der Waals surface area contributed by atoms with Crippen LogP contribution < -0.4 is 5.32 Å². The number of hydrogen-bond donors (Lipinski definition) is 1. The average Bonchev–Trinajstić information content (AvgIpc) is 2.08. The van der Waals surface area contributed by atoms with E-state index in [0.717, 1.165) is 4.47 Å². The third kappa shape index (κ3) is 4.01. The molecule has 0 radical (unpaired) electrons. The third-order valence-electron chi connectivity index (χ3n) is 1.61. The molecule has 1 aromatic rings. The maximum Gasteiger partial charge on any atom is 0.231 e. The Morgan fingerprint density at radius 1 is 1.47 bits per heavy atom. The molecule has 1 rings (SSSR count). The van der Waals surface area contributed by atoms with Crippen molar-refractivity contribution >= 4 is 44.9 Å². The van der Waals surface area contributed by atoms with Gasteiger partial charge in [0.15, 0.2) is 0 Å². The van der Waals surface area contributed by atoms with Crippen LogP contribution in [0.2, 0.25) is 5.02 Å². The molecule has 1 N–H and O–H groups in total. The van der Waals surface area contributed by atoms with Gasteiger partial charge in [0.2, 0.25) is 5.91 Å². The van der Waals surface area contributed by atoms with Gasteiger partial charge in [0, 0.05) is 4.47 Å². The minimum Gasteiger partial charge on any atom is -0.324 e. The van der Waals surface area contributed by atoms with E-state index in [4.69, 9.17) is 11.6 Å². The number of halogens is 2. The van der Waals surface area contributed by atoms with Crippen molar-refractivity contribution in [3.63, 3.8) is 0 Å². The van der Waals surface area contributed by atoms with Crippen LogP contribution in [0.25, 0.3) is 0 Å². The second kappa shape index (κ2) is 5.28. The lowest BCUT2D eigenvalue weighted by Gasteiger charge is -2.06. The number of nitrogens with one attached hydrogen (secondary N) is 1. The van der Waals surface area contributed by atoms with Crippen LogP contribution in [-0.2, 0) is 9.59 Å². The van der Waals surface area contributed by atoms with Crippen molar-refractivity contribution < 1.29 is 9.59 Å². The Labute approximate surface area is 101 Å². The zero-order chi connectivity index (χ0) is 11.4. The predicted molar refractivity (Wildman–Crippen MR) is 63.1 cm³/mol. The molecule has 1 amide bonds. The van der Waals surface area contributed by atoms with Gasteiger partial charge < -0.3 is 5.32 Å². The molecule has 0 bridgehead atoms. The van der Waals surface area contributed by atoms with Crippen LogP contribution in [0.3, 0.4) is 0 Å². The van der Waals surface area contributed by atoms with Crippen LogP contribution >= 0.6 is 27.5 Å². The summed E-state index contributed by atoms with van der Waals surface area (Å²) in [4.78, 5) is 21.9. The molecular weight excluding hydrogens is 281 g/mol. The molecule has 0 fully saturated rings. The molecule has 0 aliphatic heterocycles. The largest absolute Gasteiger partial charge is 0.324 e. The predicted octanol–water partition coefficient (Wildman–Crippen LogP) is 3.02. The van der Waals surface area contributed by atoms with Crippen molar-refractivity contribution in [1.29, 1.82) is 0 Å². The molecule has 80 valence electrons. The second-order valence-corrected chi connectivity index (χ2v) is 4.37. The summed E-state index contributed by atoms with van der Waals surface area (Å²) in [7, 11) is 0. The van der Waals surface area contributed by atoms with E-state index >= 15 is 0 Å². The summed E-state index contributed by atoms with van der Waals surface area (Å²) < 4.78 is 0.831. The van der Waals surface area contributed by atoms with Gasteiger partial charge in [-0.2, -0.15) is 0 Å². The first-order chi connectivity index (χ1) is 6.99. The molecule has 0 spiro atoms. The van der Waals surface area contributed by atoms with Gasteiger partial charge in [-0.25, -0.2) is 0 Å². The van der Waals surface area contributed by atoms with Crippen molar-refractivity contribution in [3.8, 4) is 0 Å². The lowest BCUT2D eigenvalue weighted by atomic mass is 10.2. The summed E-state index contributed by atoms with van der Waals surface area (Å²) in [6, 6.07) is 5.10. The molecule has 15 heavy (non-hydrogen) atoms. The zero-order valence-electron chi connectivity index (χ0n) is 8.01. The fourth-order valence-electron chi connectivity index (χ4n) is 1.01. The quantitative estimate of drug-likeness (QED) is 0.870. The number of benzene rings is 1. The molecule has 0 heterocycles. The summed E-state index contributed by atoms with van der Waals surface area (Å²) in [6.45, 7) is 1.36. The molecule has 0 aromatic heterocycles. The van der Waals surface area contributed by atoms with Crippen LogP contribution in [0.4, 0.5) is 5.69 Å². The molecule has 1 aromatic carbocycles. The van der Waals surface area contributed by atoms with E-state index in [-0.39, 0.29) is 18.1 Å². The third-order valence-corrected chi connectivity index (χ3v) is 2.42. The molecule has 5 heteroatoms. The number of ketones is 1. The Morgan fingerprint density at radius 3 is 2.67 bits per heavy atom. The molecule has 0 atom stereocenters. The van der Waals surface area contributed by atoms with E-state index in [1.165, 1.54) is 6.92 Å². The topological polar surface area (TPSA) is 46.2 Å². The molecule has 0 unspecified atom stereocenters.